The lowest BCUT2D eigenvalue weighted by atomic mass is 9.76. The Hall–Kier alpha value is -0.760. The molecule has 0 bridgehead atoms. The number of furan rings is 1. The Morgan fingerprint density at radius 1 is 1.19 bits per heavy atom. The second-order valence-electron chi connectivity index (χ2n) is 6.77. The zero-order valence-electron chi connectivity index (χ0n) is 13.9. The van der Waals surface area contributed by atoms with Crippen molar-refractivity contribution in [3.63, 3.8) is 0 Å². The van der Waals surface area contributed by atoms with E-state index in [0.29, 0.717) is 6.04 Å². The van der Waals surface area contributed by atoms with Gasteiger partial charge in [0.05, 0.1) is 6.26 Å². The summed E-state index contributed by atoms with van der Waals surface area (Å²) >= 11 is 0. The van der Waals surface area contributed by atoms with Crippen molar-refractivity contribution in [3.8, 4) is 0 Å². The van der Waals surface area contributed by atoms with E-state index < -0.39 is 0 Å². The van der Waals surface area contributed by atoms with Gasteiger partial charge in [0.2, 0.25) is 0 Å². The molecule has 1 aromatic heterocycles. The first-order valence-electron chi connectivity index (χ1n) is 9.09. The SMILES string of the molecule is CCCCC1CCC(C(Cc2ccco2)NCCC)CC1. The summed E-state index contributed by atoms with van der Waals surface area (Å²) in [7, 11) is 0. The molecule has 0 spiro atoms. The highest BCUT2D eigenvalue weighted by atomic mass is 16.3. The minimum absolute atomic E-state index is 0.600. The molecule has 120 valence electrons. The molecule has 1 aromatic rings. The fourth-order valence-corrected chi connectivity index (χ4v) is 3.75. The average Bonchev–Trinajstić information content (AvgIpc) is 3.03. The molecule has 1 saturated carbocycles. The smallest absolute Gasteiger partial charge is 0.105 e. The van der Waals surface area contributed by atoms with E-state index in [4.69, 9.17) is 4.42 Å². The van der Waals surface area contributed by atoms with Crippen LogP contribution < -0.4 is 5.32 Å². The highest BCUT2D eigenvalue weighted by Crippen LogP contribution is 2.34. The fourth-order valence-electron chi connectivity index (χ4n) is 3.75. The van der Waals surface area contributed by atoms with Gasteiger partial charge in [0.1, 0.15) is 5.76 Å². The molecule has 1 atom stereocenters. The highest BCUT2D eigenvalue weighted by molar-refractivity contribution is 5.01. The highest BCUT2D eigenvalue weighted by Gasteiger charge is 2.27. The lowest BCUT2D eigenvalue weighted by molar-refractivity contribution is 0.207. The van der Waals surface area contributed by atoms with E-state index in [1.807, 2.05) is 6.07 Å². The predicted molar refractivity (Wildman–Crippen MR) is 89.5 cm³/mol. The molecule has 2 heteroatoms. The van der Waals surface area contributed by atoms with Crippen molar-refractivity contribution in [2.75, 3.05) is 6.54 Å². The summed E-state index contributed by atoms with van der Waals surface area (Å²) in [5, 5.41) is 3.78. The molecule has 21 heavy (non-hydrogen) atoms. The average molecular weight is 291 g/mol. The van der Waals surface area contributed by atoms with Gasteiger partial charge >= 0.3 is 0 Å². The van der Waals surface area contributed by atoms with Gasteiger partial charge in [-0.3, -0.25) is 0 Å². The molecule has 1 unspecified atom stereocenters. The standard InChI is InChI=1S/C19H33NO/c1-3-5-7-16-9-11-17(12-10-16)19(20-13-4-2)15-18-8-6-14-21-18/h6,8,14,16-17,19-20H,3-5,7,9-13,15H2,1-2H3. The van der Waals surface area contributed by atoms with E-state index in [9.17, 15) is 0 Å². The van der Waals surface area contributed by atoms with Crippen LogP contribution in [0.1, 0.15) is 71.0 Å². The maximum absolute atomic E-state index is 5.57. The molecule has 0 aliphatic heterocycles. The van der Waals surface area contributed by atoms with E-state index in [2.05, 4.69) is 25.2 Å². The van der Waals surface area contributed by atoms with Crippen molar-refractivity contribution in [3.05, 3.63) is 24.2 Å². The van der Waals surface area contributed by atoms with E-state index in [1.54, 1.807) is 6.26 Å². The molecule has 0 radical (unpaired) electrons. The van der Waals surface area contributed by atoms with Crippen LogP contribution in [-0.4, -0.2) is 12.6 Å². The van der Waals surface area contributed by atoms with Crippen molar-refractivity contribution in [1.29, 1.82) is 0 Å². The van der Waals surface area contributed by atoms with Crippen molar-refractivity contribution < 1.29 is 4.42 Å². The normalized spacial score (nSPS) is 24.1. The van der Waals surface area contributed by atoms with Gasteiger partial charge in [-0.25, -0.2) is 0 Å². The molecule has 0 amide bonds. The Morgan fingerprint density at radius 2 is 2.00 bits per heavy atom. The number of hydrogen-bond acceptors (Lipinski definition) is 2. The van der Waals surface area contributed by atoms with Crippen LogP contribution in [0.5, 0.6) is 0 Å². The lowest BCUT2D eigenvalue weighted by Gasteiger charge is -2.34. The van der Waals surface area contributed by atoms with Crippen LogP contribution in [-0.2, 0) is 6.42 Å². The van der Waals surface area contributed by atoms with Gasteiger partial charge in [0.25, 0.3) is 0 Å². The summed E-state index contributed by atoms with van der Waals surface area (Å²) < 4.78 is 5.57. The van der Waals surface area contributed by atoms with Crippen LogP contribution in [0.2, 0.25) is 0 Å². The molecule has 1 N–H and O–H groups in total. The van der Waals surface area contributed by atoms with Crippen molar-refractivity contribution in [1.82, 2.24) is 5.32 Å². The van der Waals surface area contributed by atoms with Gasteiger partial charge < -0.3 is 9.73 Å². The molecule has 2 rings (SSSR count). The topological polar surface area (TPSA) is 25.2 Å². The Labute approximate surface area is 130 Å². The quantitative estimate of drug-likeness (QED) is 0.677. The summed E-state index contributed by atoms with van der Waals surface area (Å²) in [6.45, 7) is 5.68. The van der Waals surface area contributed by atoms with Crippen molar-refractivity contribution >= 4 is 0 Å². The number of rotatable bonds is 9. The first-order valence-corrected chi connectivity index (χ1v) is 9.09. The third-order valence-electron chi connectivity index (χ3n) is 5.08. The first kappa shape index (κ1) is 16.6. The molecule has 2 nitrogen and oxygen atoms in total. The summed E-state index contributed by atoms with van der Waals surface area (Å²) in [6, 6.07) is 4.73. The van der Waals surface area contributed by atoms with Crippen LogP contribution in [0.4, 0.5) is 0 Å². The van der Waals surface area contributed by atoms with Crippen LogP contribution in [0.3, 0.4) is 0 Å². The monoisotopic (exact) mass is 291 g/mol. The number of unbranched alkanes of at least 4 members (excludes halogenated alkanes) is 1. The van der Waals surface area contributed by atoms with Gasteiger partial charge in [-0.15, -0.1) is 0 Å². The molecule has 0 saturated heterocycles. The van der Waals surface area contributed by atoms with Crippen molar-refractivity contribution in [2.24, 2.45) is 11.8 Å². The summed E-state index contributed by atoms with van der Waals surface area (Å²) in [5.74, 6) is 2.97. The van der Waals surface area contributed by atoms with E-state index >= 15 is 0 Å². The molecule has 1 heterocycles. The maximum atomic E-state index is 5.57. The second kappa shape index (κ2) is 9.30. The maximum Gasteiger partial charge on any atom is 0.105 e. The minimum atomic E-state index is 0.600. The summed E-state index contributed by atoms with van der Waals surface area (Å²) in [6.07, 6.45) is 14.0. The molecule has 1 fully saturated rings. The third-order valence-corrected chi connectivity index (χ3v) is 5.08. The van der Waals surface area contributed by atoms with Gasteiger partial charge in [-0.1, -0.05) is 46.0 Å². The van der Waals surface area contributed by atoms with Crippen LogP contribution in [0.25, 0.3) is 0 Å². The van der Waals surface area contributed by atoms with Crippen molar-refractivity contribution in [2.45, 2.75) is 77.7 Å². The molecular formula is C19H33NO. The number of nitrogens with one attached hydrogen (secondary N) is 1. The first-order chi connectivity index (χ1) is 10.3. The van der Waals surface area contributed by atoms with E-state index in [0.717, 1.165) is 30.6 Å². The van der Waals surface area contributed by atoms with Crippen LogP contribution >= 0.6 is 0 Å². The summed E-state index contributed by atoms with van der Waals surface area (Å²) in [4.78, 5) is 0. The molecule has 0 aromatic carbocycles. The molecule has 1 aliphatic rings. The number of hydrogen-bond donors (Lipinski definition) is 1. The zero-order chi connectivity index (χ0) is 14.9. The lowest BCUT2D eigenvalue weighted by Crippen LogP contribution is -2.40. The van der Waals surface area contributed by atoms with Crippen LogP contribution in [0.15, 0.2) is 22.8 Å². The third kappa shape index (κ3) is 5.50. The van der Waals surface area contributed by atoms with E-state index in [-0.39, 0.29) is 0 Å². The Kier molecular flexibility index (Phi) is 7.35. The molecule has 1 aliphatic carbocycles. The fraction of sp³-hybridized carbons (Fsp3) is 0.789. The van der Waals surface area contributed by atoms with Gasteiger partial charge in [-0.2, -0.15) is 0 Å². The Bertz CT molecular complexity index is 352. The van der Waals surface area contributed by atoms with Crippen LogP contribution in [0, 0.1) is 11.8 Å². The van der Waals surface area contributed by atoms with Gasteiger partial charge in [0, 0.05) is 12.5 Å². The minimum Gasteiger partial charge on any atom is -0.469 e. The van der Waals surface area contributed by atoms with Gasteiger partial charge in [0.15, 0.2) is 0 Å². The van der Waals surface area contributed by atoms with Gasteiger partial charge in [-0.05, 0) is 49.8 Å². The Balaban J connectivity index is 1.83. The summed E-state index contributed by atoms with van der Waals surface area (Å²) in [5.41, 5.74) is 0. The zero-order valence-corrected chi connectivity index (χ0v) is 13.9. The molecular weight excluding hydrogens is 258 g/mol. The second-order valence-corrected chi connectivity index (χ2v) is 6.77. The Morgan fingerprint density at radius 3 is 2.62 bits per heavy atom. The van der Waals surface area contributed by atoms with E-state index in [1.165, 1.54) is 51.4 Å². The largest absolute Gasteiger partial charge is 0.469 e. The predicted octanol–water partition coefficient (Wildman–Crippen LogP) is 5.19.